The molecule has 1 aromatic carbocycles. The molecule has 2 atom stereocenters. The van der Waals surface area contributed by atoms with Crippen molar-refractivity contribution in [1.82, 2.24) is 4.72 Å². The van der Waals surface area contributed by atoms with Gasteiger partial charge < -0.3 is 4.55 Å². The molecule has 0 radical (unpaired) electrons. The highest BCUT2D eigenvalue weighted by atomic mass is 32.2. The zero-order chi connectivity index (χ0) is 17.2. The Bertz CT molecular complexity index is 564. The van der Waals surface area contributed by atoms with E-state index in [0.29, 0.717) is 6.07 Å². The standard InChI is InChI=1S/C13H17F3N2O3S/c1-7(17-22(21)13(2,3)4)9-5-8(18(19)20)6-10(11(9)14)12(15)16/h5-7,12,17H,1-4H3/t7?,22-/m1/s1. The van der Waals surface area contributed by atoms with Crippen molar-refractivity contribution in [3.63, 3.8) is 0 Å². The van der Waals surface area contributed by atoms with Gasteiger partial charge in [0.2, 0.25) is 0 Å². The van der Waals surface area contributed by atoms with Crippen LogP contribution in [0.5, 0.6) is 0 Å². The molecule has 0 saturated heterocycles. The van der Waals surface area contributed by atoms with Gasteiger partial charge in [-0.05, 0) is 27.7 Å². The van der Waals surface area contributed by atoms with Gasteiger partial charge in [0.15, 0.2) is 0 Å². The quantitative estimate of drug-likeness (QED) is 0.503. The number of nitro groups is 1. The minimum Gasteiger partial charge on any atom is -0.598 e. The smallest absolute Gasteiger partial charge is 0.270 e. The molecule has 0 saturated carbocycles. The van der Waals surface area contributed by atoms with Gasteiger partial charge in [0.05, 0.1) is 16.5 Å². The van der Waals surface area contributed by atoms with Crippen LogP contribution in [0.2, 0.25) is 0 Å². The largest absolute Gasteiger partial charge is 0.598 e. The van der Waals surface area contributed by atoms with Gasteiger partial charge in [-0.15, -0.1) is 4.72 Å². The molecule has 0 aliphatic carbocycles. The van der Waals surface area contributed by atoms with Crippen molar-refractivity contribution in [3.8, 4) is 0 Å². The Hall–Kier alpha value is -1.32. The zero-order valence-corrected chi connectivity index (χ0v) is 13.3. The monoisotopic (exact) mass is 338 g/mol. The number of alkyl halides is 2. The predicted molar refractivity (Wildman–Crippen MR) is 77.5 cm³/mol. The Kier molecular flexibility index (Phi) is 5.82. The summed E-state index contributed by atoms with van der Waals surface area (Å²) in [5.74, 6) is -1.23. The second kappa shape index (κ2) is 6.84. The second-order valence-corrected chi connectivity index (χ2v) is 7.71. The number of halogens is 3. The van der Waals surface area contributed by atoms with Crippen LogP contribution >= 0.6 is 0 Å². The summed E-state index contributed by atoms with van der Waals surface area (Å²) in [6.45, 7) is 6.44. The Balaban J connectivity index is 3.25. The van der Waals surface area contributed by atoms with Crippen LogP contribution in [-0.2, 0) is 11.4 Å². The summed E-state index contributed by atoms with van der Waals surface area (Å²) < 4.78 is 53.7. The van der Waals surface area contributed by atoms with E-state index in [1.54, 1.807) is 20.8 Å². The van der Waals surface area contributed by atoms with Crippen LogP contribution in [0, 0.1) is 15.9 Å². The molecule has 0 aliphatic heterocycles. The SMILES string of the molecule is CC(N[S@+]([O-])C(C)(C)C)c1cc([N+](=O)[O-])cc(C(F)F)c1F. The maximum Gasteiger partial charge on any atom is 0.270 e. The lowest BCUT2D eigenvalue weighted by Crippen LogP contribution is -2.40. The topological polar surface area (TPSA) is 78.2 Å². The Labute approximate surface area is 129 Å². The molecular weight excluding hydrogens is 321 g/mol. The van der Waals surface area contributed by atoms with Crippen LogP contribution in [0.15, 0.2) is 12.1 Å². The van der Waals surface area contributed by atoms with Crippen molar-refractivity contribution < 1.29 is 22.6 Å². The van der Waals surface area contributed by atoms with Crippen molar-refractivity contribution in [3.05, 3.63) is 39.2 Å². The first-order valence-electron chi connectivity index (χ1n) is 6.39. The van der Waals surface area contributed by atoms with E-state index in [9.17, 15) is 27.8 Å². The minimum absolute atomic E-state index is 0.317. The van der Waals surface area contributed by atoms with Gasteiger partial charge in [-0.1, -0.05) is 0 Å². The number of non-ortho nitro benzene ring substituents is 1. The normalized spacial score (nSPS) is 15.0. The Morgan fingerprint density at radius 2 is 1.77 bits per heavy atom. The maximum absolute atomic E-state index is 14.1. The maximum atomic E-state index is 14.1. The molecule has 1 rings (SSSR count). The van der Waals surface area contributed by atoms with E-state index < -0.39 is 50.6 Å². The average Bonchev–Trinajstić information content (AvgIpc) is 2.36. The molecule has 0 aliphatic rings. The van der Waals surface area contributed by atoms with Gasteiger partial charge in [-0.25, -0.2) is 13.2 Å². The number of nitro benzene ring substituents is 1. The van der Waals surface area contributed by atoms with Gasteiger partial charge in [-0.2, -0.15) is 0 Å². The number of benzene rings is 1. The van der Waals surface area contributed by atoms with E-state index in [1.807, 2.05) is 0 Å². The van der Waals surface area contributed by atoms with Crippen LogP contribution in [0.3, 0.4) is 0 Å². The van der Waals surface area contributed by atoms with E-state index in [0.717, 1.165) is 6.07 Å². The molecule has 1 N–H and O–H groups in total. The summed E-state index contributed by atoms with van der Waals surface area (Å²) in [6.07, 6.45) is -3.18. The van der Waals surface area contributed by atoms with Gasteiger partial charge in [0.25, 0.3) is 12.1 Å². The lowest BCUT2D eigenvalue weighted by atomic mass is 10.0. The first kappa shape index (κ1) is 18.7. The van der Waals surface area contributed by atoms with Gasteiger partial charge in [-0.3, -0.25) is 10.1 Å². The van der Waals surface area contributed by atoms with Crippen LogP contribution in [-0.4, -0.2) is 14.2 Å². The highest BCUT2D eigenvalue weighted by Crippen LogP contribution is 2.32. The summed E-state index contributed by atoms with van der Waals surface area (Å²) in [5.41, 5.74) is -2.00. The zero-order valence-electron chi connectivity index (χ0n) is 12.5. The molecule has 5 nitrogen and oxygen atoms in total. The first-order chi connectivity index (χ1) is 9.95. The lowest BCUT2D eigenvalue weighted by molar-refractivity contribution is -0.385. The highest BCUT2D eigenvalue weighted by Gasteiger charge is 2.31. The molecule has 0 fully saturated rings. The van der Waals surface area contributed by atoms with E-state index in [4.69, 9.17) is 0 Å². The molecule has 1 unspecified atom stereocenters. The molecule has 124 valence electrons. The molecule has 0 spiro atoms. The number of nitrogens with one attached hydrogen (secondary N) is 1. The summed E-state index contributed by atoms with van der Waals surface area (Å²) in [4.78, 5) is 9.93. The third-order valence-corrected chi connectivity index (χ3v) is 4.55. The van der Waals surface area contributed by atoms with E-state index in [1.165, 1.54) is 6.92 Å². The molecule has 0 bridgehead atoms. The third kappa shape index (κ3) is 4.34. The Morgan fingerprint density at radius 3 is 2.18 bits per heavy atom. The fourth-order valence-corrected chi connectivity index (χ4v) is 2.44. The molecule has 0 aromatic heterocycles. The molecule has 0 heterocycles. The summed E-state index contributed by atoms with van der Waals surface area (Å²) >= 11 is -1.58. The van der Waals surface area contributed by atoms with E-state index in [-0.39, 0.29) is 5.56 Å². The highest BCUT2D eigenvalue weighted by molar-refractivity contribution is 7.90. The molecular formula is C13H17F3N2O3S. The van der Waals surface area contributed by atoms with Crippen LogP contribution in [0.1, 0.15) is 51.3 Å². The fraction of sp³-hybridized carbons (Fsp3) is 0.538. The number of rotatable bonds is 5. The lowest BCUT2D eigenvalue weighted by Gasteiger charge is -2.26. The van der Waals surface area contributed by atoms with Gasteiger partial charge in [0, 0.05) is 29.1 Å². The second-order valence-electron chi connectivity index (χ2n) is 5.72. The first-order valence-corrected chi connectivity index (χ1v) is 7.54. The van der Waals surface area contributed by atoms with Crippen molar-refractivity contribution >= 4 is 17.0 Å². The Morgan fingerprint density at radius 1 is 1.27 bits per heavy atom. The van der Waals surface area contributed by atoms with Gasteiger partial charge in [0.1, 0.15) is 10.6 Å². The predicted octanol–water partition coefficient (Wildman–Crippen LogP) is 3.78. The third-order valence-electron chi connectivity index (χ3n) is 2.87. The van der Waals surface area contributed by atoms with Crippen LogP contribution in [0.4, 0.5) is 18.9 Å². The van der Waals surface area contributed by atoms with Gasteiger partial charge >= 0.3 is 0 Å². The number of hydrogen-bond acceptors (Lipinski definition) is 4. The molecule has 22 heavy (non-hydrogen) atoms. The van der Waals surface area contributed by atoms with E-state index >= 15 is 0 Å². The molecule has 9 heteroatoms. The van der Waals surface area contributed by atoms with Crippen molar-refractivity contribution in [2.45, 2.75) is 44.9 Å². The van der Waals surface area contributed by atoms with Crippen molar-refractivity contribution in [1.29, 1.82) is 0 Å². The minimum atomic E-state index is -3.18. The number of hydrogen-bond donors (Lipinski definition) is 1. The fourth-order valence-electron chi connectivity index (χ4n) is 1.63. The molecule has 1 aromatic rings. The van der Waals surface area contributed by atoms with Crippen LogP contribution < -0.4 is 4.72 Å². The number of nitrogens with zero attached hydrogens (tertiary/aromatic N) is 1. The van der Waals surface area contributed by atoms with E-state index in [2.05, 4.69) is 4.72 Å². The summed E-state index contributed by atoms with van der Waals surface area (Å²) in [6, 6.07) is 0.452. The summed E-state index contributed by atoms with van der Waals surface area (Å²) in [7, 11) is 0. The van der Waals surface area contributed by atoms with Crippen molar-refractivity contribution in [2.24, 2.45) is 0 Å². The average molecular weight is 338 g/mol. The molecule has 0 amide bonds. The van der Waals surface area contributed by atoms with Crippen molar-refractivity contribution in [2.75, 3.05) is 0 Å². The van der Waals surface area contributed by atoms with Crippen LogP contribution in [0.25, 0.3) is 0 Å². The summed E-state index contributed by atoms with van der Waals surface area (Å²) in [5, 5.41) is 10.8.